The maximum atomic E-state index is 11.0. The molecule has 8 nitrogen and oxygen atoms in total. The second kappa shape index (κ2) is 5.43. The zero-order valence-corrected chi connectivity index (χ0v) is 10.5. The molecule has 0 saturated carbocycles. The van der Waals surface area contributed by atoms with E-state index in [2.05, 4.69) is 5.32 Å². The van der Waals surface area contributed by atoms with Crippen LogP contribution in [-0.2, 0) is 14.3 Å². The summed E-state index contributed by atoms with van der Waals surface area (Å²) in [5.41, 5.74) is 0. The van der Waals surface area contributed by atoms with E-state index in [9.17, 15) is 20.1 Å². The van der Waals surface area contributed by atoms with Crippen molar-refractivity contribution < 1.29 is 29.6 Å². The molecule has 0 aromatic carbocycles. The van der Waals surface area contributed by atoms with Gasteiger partial charge in [0.25, 0.3) is 0 Å². The van der Waals surface area contributed by atoms with Crippen LogP contribution in [-0.4, -0.2) is 63.8 Å². The smallest absolute Gasteiger partial charge is 0.248 e. The van der Waals surface area contributed by atoms with Crippen LogP contribution in [0.3, 0.4) is 0 Å². The molecule has 1 amide bonds. The number of hydrogen-bond donors (Lipinski definition) is 4. The lowest BCUT2D eigenvalue weighted by Gasteiger charge is -2.35. The molecule has 1 fully saturated rings. The van der Waals surface area contributed by atoms with Gasteiger partial charge in [-0.3, -0.25) is 4.79 Å². The summed E-state index contributed by atoms with van der Waals surface area (Å²) in [5.74, 6) is -1.91. The van der Waals surface area contributed by atoms with Crippen molar-refractivity contribution in [1.82, 2.24) is 10.2 Å². The van der Waals surface area contributed by atoms with E-state index in [1.54, 1.807) is 6.92 Å². The first kappa shape index (κ1) is 14.2. The first-order chi connectivity index (χ1) is 9.02. The average molecular weight is 274 g/mol. The Balaban J connectivity index is 2.12. The lowest BCUT2D eigenvalue weighted by Crippen LogP contribution is -2.53. The Labute approximate surface area is 110 Å². The van der Waals surface area contributed by atoms with E-state index in [0.29, 0.717) is 0 Å². The Bertz CT molecular complexity index is 376. The molecule has 4 unspecified atom stereocenters. The molecular formula is C11H18N2O6. The van der Waals surface area contributed by atoms with Crippen molar-refractivity contribution in [3.63, 3.8) is 0 Å². The fourth-order valence-corrected chi connectivity index (χ4v) is 2.21. The second-order valence-electron chi connectivity index (χ2n) is 4.37. The zero-order chi connectivity index (χ0) is 14.0. The van der Waals surface area contributed by atoms with Crippen molar-refractivity contribution in [1.29, 1.82) is 0 Å². The molecule has 4 N–H and O–H groups in total. The van der Waals surface area contributed by atoms with Crippen LogP contribution in [0.4, 0.5) is 0 Å². The largest absolute Gasteiger partial charge is 0.391 e. The summed E-state index contributed by atoms with van der Waals surface area (Å²) < 4.78 is 10.8. The molecule has 0 radical (unpaired) electrons. The van der Waals surface area contributed by atoms with Crippen molar-refractivity contribution in [2.75, 3.05) is 13.2 Å². The highest BCUT2D eigenvalue weighted by Gasteiger charge is 2.51. The Hall–Kier alpha value is -1.19. The predicted molar refractivity (Wildman–Crippen MR) is 62.1 cm³/mol. The number of carbonyl (C=O) groups excluding carboxylic acids is 1. The predicted octanol–water partition coefficient (Wildman–Crippen LogP) is -1.96. The minimum atomic E-state index is -1.49. The number of carbonyl (C=O) groups is 1. The van der Waals surface area contributed by atoms with Crippen molar-refractivity contribution >= 4 is 5.91 Å². The van der Waals surface area contributed by atoms with Gasteiger partial charge in [0.1, 0.15) is 12.3 Å². The molecule has 8 heteroatoms. The molecule has 2 aliphatic rings. The first-order valence-electron chi connectivity index (χ1n) is 6.07. The number of nitrogens with one attached hydrogen (secondary N) is 1. The van der Waals surface area contributed by atoms with Gasteiger partial charge in [-0.2, -0.15) is 0 Å². The molecule has 4 atom stereocenters. The molecule has 19 heavy (non-hydrogen) atoms. The molecule has 1 saturated heterocycles. The highest BCUT2D eigenvalue weighted by molar-refractivity contribution is 5.88. The molecule has 2 rings (SSSR count). The molecule has 0 aromatic heterocycles. The molecule has 2 aliphatic heterocycles. The van der Waals surface area contributed by atoms with Gasteiger partial charge in [0, 0.05) is 25.3 Å². The van der Waals surface area contributed by atoms with Gasteiger partial charge in [0.05, 0.1) is 6.61 Å². The summed E-state index contributed by atoms with van der Waals surface area (Å²) in [4.78, 5) is 12.4. The number of ether oxygens (including phenoxy) is 2. The average Bonchev–Trinajstić information content (AvgIpc) is 2.67. The van der Waals surface area contributed by atoms with E-state index >= 15 is 0 Å². The SMILES string of the molecule is CCOC1(CO)OC(N2C=CC(=O)NC2O)CC1O. The number of nitrogens with zero attached hydrogens (tertiary/aromatic N) is 1. The Morgan fingerprint density at radius 1 is 1.63 bits per heavy atom. The maximum Gasteiger partial charge on any atom is 0.248 e. The van der Waals surface area contributed by atoms with Gasteiger partial charge in [-0.05, 0) is 6.92 Å². The van der Waals surface area contributed by atoms with E-state index in [1.807, 2.05) is 0 Å². The molecular weight excluding hydrogens is 256 g/mol. The van der Waals surface area contributed by atoms with E-state index in [-0.39, 0.29) is 13.0 Å². The minimum absolute atomic E-state index is 0.137. The van der Waals surface area contributed by atoms with Crippen LogP contribution in [0, 0.1) is 0 Å². The van der Waals surface area contributed by atoms with E-state index in [1.165, 1.54) is 17.2 Å². The maximum absolute atomic E-state index is 11.0. The van der Waals surface area contributed by atoms with Gasteiger partial charge in [-0.1, -0.05) is 0 Å². The van der Waals surface area contributed by atoms with E-state index in [4.69, 9.17) is 9.47 Å². The normalized spacial score (nSPS) is 38.6. The fourth-order valence-electron chi connectivity index (χ4n) is 2.21. The number of aliphatic hydroxyl groups excluding tert-OH is 3. The summed E-state index contributed by atoms with van der Waals surface area (Å²) in [5, 5.41) is 31.4. The van der Waals surface area contributed by atoms with Crippen LogP contribution >= 0.6 is 0 Å². The zero-order valence-electron chi connectivity index (χ0n) is 10.5. The van der Waals surface area contributed by atoms with Crippen LogP contribution < -0.4 is 5.32 Å². The number of aliphatic hydroxyl groups is 3. The van der Waals surface area contributed by atoms with Crippen LogP contribution in [0.5, 0.6) is 0 Å². The van der Waals surface area contributed by atoms with E-state index < -0.39 is 37.0 Å². The number of amides is 1. The van der Waals surface area contributed by atoms with Crippen molar-refractivity contribution in [3.8, 4) is 0 Å². The lowest BCUT2D eigenvalue weighted by atomic mass is 10.1. The molecule has 0 bridgehead atoms. The van der Waals surface area contributed by atoms with Gasteiger partial charge in [0.15, 0.2) is 0 Å². The summed E-state index contributed by atoms with van der Waals surface area (Å²) in [6.45, 7) is 1.48. The molecule has 0 aromatic rings. The minimum Gasteiger partial charge on any atom is -0.391 e. The molecule has 2 heterocycles. The third-order valence-corrected chi connectivity index (χ3v) is 3.16. The van der Waals surface area contributed by atoms with Crippen LogP contribution in [0.2, 0.25) is 0 Å². The highest BCUT2D eigenvalue weighted by Crippen LogP contribution is 2.34. The highest BCUT2D eigenvalue weighted by atomic mass is 16.7. The summed E-state index contributed by atoms with van der Waals surface area (Å²) in [7, 11) is 0. The number of rotatable bonds is 4. The topological polar surface area (TPSA) is 111 Å². The Kier molecular flexibility index (Phi) is 4.07. The fraction of sp³-hybridized carbons (Fsp3) is 0.727. The monoisotopic (exact) mass is 274 g/mol. The van der Waals surface area contributed by atoms with Crippen molar-refractivity contribution in [2.45, 2.75) is 37.8 Å². The third-order valence-electron chi connectivity index (χ3n) is 3.16. The Morgan fingerprint density at radius 3 is 2.95 bits per heavy atom. The summed E-state index contributed by atoms with van der Waals surface area (Å²) in [6, 6.07) is 0. The van der Waals surface area contributed by atoms with Crippen molar-refractivity contribution in [2.24, 2.45) is 0 Å². The third kappa shape index (κ3) is 2.58. The summed E-state index contributed by atoms with van der Waals surface area (Å²) >= 11 is 0. The first-order valence-corrected chi connectivity index (χ1v) is 6.07. The van der Waals surface area contributed by atoms with Crippen molar-refractivity contribution in [3.05, 3.63) is 12.3 Å². The molecule has 0 spiro atoms. The van der Waals surface area contributed by atoms with Crippen LogP contribution in [0.1, 0.15) is 13.3 Å². The second-order valence-corrected chi connectivity index (χ2v) is 4.37. The van der Waals surface area contributed by atoms with Gasteiger partial charge in [-0.25, -0.2) is 0 Å². The van der Waals surface area contributed by atoms with Crippen LogP contribution in [0.15, 0.2) is 12.3 Å². The van der Waals surface area contributed by atoms with Gasteiger partial charge in [0.2, 0.25) is 18.0 Å². The Morgan fingerprint density at radius 2 is 2.37 bits per heavy atom. The quantitative estimate of drug-likeness (QED) is 0.471. The van der Waals surface area contributed by atoms with Gasteiger partial charge >= 0.3 is 0 Å². The molecule has 108 valence electrons. The van der Waals surface area contributed by atoms with Crippen LogP contribution in [0.25, 0.3) is 0 Å². The lowest BCUT2D eigenvalue weighted by molar-refractivity contribution is -0.288. The van der Waals surface area contributed by atoms with Gasteiger partial charge < -0.3 is 35.0 Å². The standard InChI is InChI=1S/C11H18N2O6/c1-2-18-11(6-14)7(15)5-9(19-11)13-4-3-8(16)12-10(13)17/h3-4,7,9-10,14-15,17H,2,5-6H2,1H3,(H,12,16). The summed E-state index contributed by atoms with van der Waals surface area (Å²) in [6.07, 6.45) is -0.229. The van der Waals surface area contributed by atoms with Gasteiger partial charge in [-0.15, -0.1) is 0 Å². The number of hydrogen-bond acceptors (Lipinski definition) is 7. The molecule has 0 aliphatic carbocycles. The van der Waals surface area contributed by atoms with E-state index in [0.717, 1.165) is 0 Å².